The summed E-state index contributed by atoms with van der Waals surface area (Å²) in [6.07, 6.45) is 0. The molecule has 5 N–H and O–H groups in total. The van der Waals surface area contributed by atoms with Crippen LogP contribution < -0.4 is 65.3 Å². The van der Waals surface area contributed by atoms with Gasteiger partial charge in [-0.25, -0.2) is 0 Å². The molecule has 0 aliphatic rings. The minimum atomic E-state index is 0. The summed E-state index contributed by atoms with van der Waals surface area (Å²) in [7, 11) is 0. The van der Waals surface area contributed by atoms with Crippen LogP contribution in [-0.4, -0.2) is 5.48 Å². The van der Waals surface area contributed by atoms with E-state index in [9.17, 15) is 0 Å². The largest absolute Gasteiger partial charge is 1.00 e. The van der Waals surface area contributed by atoms with Crippen LogP contribution in [0.1, 0.15) is 2.85 Å². The first-order valence-electron chi connectivity index (χ1n) is 0. The van der Waals surface area contributed by atoms with Crippen molar-refractivity contribution in [3.63, 3.8) is 0 Å². The first-order chi connectivity index (χ1) is 0. The smallest absolute Gasteiger partial charge is 1.00 e. The molecule has 0 fully saturated rings. The molecule has 0 unspecified atom stereocenters. The SMILES string of the molecule is N.O.[H-].[H-].[Na+].[Na+]. The molecule has 0 atom stereocenters. The molecule has 0 radical (unpaired) electrons. The zero-order chi connectivity index (χ0) is 0. The van der Waals surface area contributed by atoms with Gasteiger partial charge in [0.15, 0.2) is 0 Å². The van der Waals surface area contributed by atoms with Crippen molar-refractivity contribution in [3.8, 4) is 0 Å². The Morgan fingerprint density at radius 1 is 1.00 bits per heavy atom. The van der Waals surface area contributed by atoms with E-state index in [1.54, 1.807) is 0 Å². The van der Waals surface area contributed by atoms with Gasteiger partial charge < -0.3 is 14.5 Å². The maximum Gasteiger partial charge on any atom is 1.00 e. The van der Waals surface area contributed by atoms with Crippen molar-refractivity contribution in [2.24, 2.45) is 0 Å². The third-order valence-electron chi connectivity index (χ3n) is 0. The molecule has 2 nitrogen and oxygen atoms in total. The second kappa shape index (κ2) is 20.5. The van der Waals surface area contributed by atoms with Crippen molar-refractivity contribution in [2.45, 2.75) is 0 Å². The van der Waals surface area contributed by atoms with Gasteiger partial charge in [-0.1, -0.05) is 0 Å². The number of hydrogen-bond acceptors (Lipinski definition) is 1. The van der Waals surface area contributed by atoms with E-state index in [1.807, 2.05) is 0 Å². The molecule has 0 aromatic carbocycles. The second-order valence-electron chi connectivity index (χ2n) is 0. The van der Waals surface area contributed by atoms with Crippen LogP contribution in [0.5, 0.6) is 0 Å². The van der Waals surface area contributed by atoms with E-state index in [2.05, 4.69) is 0 Å². The van der Waals surface area contributed by atoms with Gasteiger partial charge in [0.1, 0.15) is 0 Å². The summed E-state index contributed by atoms with van der Waals surface area (Å²) in [6.45, 7) is 0. The van der Waals surface area contributed by atoms with E-state index in [-0.39, 0.29) is 73.6 Å². The van der Waals surface area contributed by atoms with Gasteiger partial charge in [0.25, 0.3) is 0 Å². The second-order valence-corrected chi connectivity index (χ2v) is 0. The normalized spacial score (nSPS) is 0. The Hall–Kier alpha value is 1.92. The van der Waals surface area contributed by atoms with E-state index < -0.39 is 0 Å². The quantitative estimate of drug-likeness (QED) is 0.291. The van der Waals surface area contributed by atoms with Gasteiger partial charge in [-0.05, 0) is 0 Å². The van der Waals surface area contributed by atoms with Crippen LogP contribution in [-0.2, 0) is 0 Å². The summed E-state index contributed by atoms with van der Waals surface area (Å²) in [4.78, 5) is 0. The van der Waals surface area contributed by atoms with E-state index >= 15 is 0 Å². The van der Waals surface area contributed by atoms with Crippen LogP contribution in [0.2, 0.25) is 0 Å². The minimum Gasteiger partial charge on any atom is -1.00 e. The van der Waals surface area contributed by atoms with E-state index in [0.29, 0.717) is 0 Å². The molecule has 0 aliphatic heterocycles. The van der Waals surface area contributed by atoms with Crippen molar-refractivity contribution in [2.75, 3.05) is 0 Å². The molecule has 0 aromatic rings. The van der Waals surface area contributed by atoms with Crippen LogP contribution in [0.4, 0.5) is 0 Å². The van der Waals surface area contributed by atoms with Crippen LogP contribution in [0.25, 0.3) is 0 Å². The average Bonchev–Trinajstić information content (AvgIpc) is 0. The Labute approximate surface area is 72.8 Å². The fraction of sp³-hybridized carbons (Fsp3) is 0. The number of hydrogen-bond donors (Lipinski definition) is 1. The fourth-order valence-corrected chi connectivity index (χ4v) is 0. The molecule has 4 heteroatoms. The Kier molecular flexibility index (Phi) is 199. The molecule has 0 rings (SSSR count). The van der Waals surface area contributed by atoms with E-state index in [1.165, 1.54) is 0 Å². The predicted octanol–water partition coefficient (Wildman–Crippen LogP) is -6.43. The maximum absolute atomic E-state index is 0. The van der Waals surface area contributed by atoms with Crippen molar-refractivity contribution >= 4 is 0 Å². The van der Waals surface area contributed by atoms with Gasteiger partial charge in [-0.15, -0.1) is 0 Å². The van der Waals surface area contributed by atoms with Crippen LogP contribution >= 0.6 is 0 Å². The predicted molar refractivity (Wildman–Crippen MR) is 10.9 cm³/mol. The summed E-state index contributed by atoms with van der Waals surface area (Å²) >= 11 is 0. The average molecular weight is 83.0 g/mol. The summed E-state index contributed by atoms with van der Waals surface area (Å²) in [6, 6.07) is 0. The Morgan fingerprint density at radius 3 is 1.00 bits per heavy atom. The van der Waals surface area contributed by atoms with Crippen LogP contribution in [0.15, 0.2) is 0 Å². The molecular formula is H7NNa2O. The molecular weight excluding hydrogens is 76.0 g/mol. The monoisotopic (exact) mass is 83.0 g/mol. The third kappa shape index (κ3) is 9.07. The first-order valence-corrected chi connectivity index (χ1v) is 0. The van der Waals surface area contributed by atoms with Gasteiger partial charge >= 0.3 is 59.1 Å². The molecule has 0 bridgehead atoms. The van der Waals surface area contributed by atoms with Gasteiger partial charge in [0.05, 0.1) is 0 Å². The van der Waals surface area contributed by atoms with Crippen molar-refractivity contribution < 1.29 is 67.4 Å². The maximum atomic E-state index is 0. The standard InChI is InChI=1S/H3N.2Na.H2O.2H/h1H3;;;1H2;;/q;2*+1;;2*-1. The van der Waals surface area contributed by atoms with Crippen molar-refractivity contribution in [1.29, 1.82) is 0 Å². The molecule has 0 amide bonds. The number of rotatable bonds is 0. The Morgan fingerprint density at radius 2 is 1.00 bits per heavy atom. The van der Waals surface area contributed by atoms with E-state index in [4.69, 9.17) is 0 Å². The molecule has 0 spiro atoms. The minimum absolute atomic E-state index is 0. The van der Waals surface area contributed by atoms with E-state index in [0.717, 1.165) is 0 Å². The third-order valence-corrected chi connectivity index (χ3v) is 0. The van der Waals surface area contributed by atoms with Crippen molar-refractivity contribution in [3.05, 3.63) is 0 Å². The van der Waals surface area contributed by atoms with Crippen molar-refractivity contribution in [1.82, 2.24) is 6.15 Å². The zero-order valence-electron chi connectivity index (χ0n) is 5.21. The molecule has 0 heterocycles. The molecule has 4 heavy (non-hydrogen) atoms. The first kappa shape index (κ1) is 38.9. The van der Waals surface area contributed by atoms with Gasteiger partial charge in [-0.2, -0.15) is 0 Å². The Balaban J connectivity index is 0. The summed E-state index contributed by atoms with van der Waals surface area (Å²) in [5, 5.41) is 0. The summed E-state index contributed by atoms with van der Waals surface area (Å²) in [5.74, 6) is 0. The summed E-state index contributed by atoms with van der Waals surface area (Å²) < 4.78 is 0. The Bertz CT molecular complexity index is 11.5. The molecule has 0 aliphatic carbocycles. The zero-order valence-corrected chi connectivity index (χ0v) is 7.21. The molecule has 20 valence electrons. The molecule has 0 saturated heterocycles. The topological polar surface area (TPSA) is 66.5 Å². The molecule has 0 saturated carbocycles. The fourth-order valence-electron chi connectivity index (χ4n) is 0. The van der Waals surface area contributed by atoms with Gasteiger partial charge in [0, 0.05) is 0 Å². The van der Waals surface area contributed by atoms with Crippen LogP contribution in [0, 0.1) is 0 Å². The molecule has 0 aromatic heterocycles. The summed E-state index contributed by atoms with van der Waals surface area (Å²) in [5.41, 5.74) is 0. The van der Waals surface area contributed by atoms with Crippen LogP contribution in [0.3, 0.4) is 0 Å². The van der Waals surface area contributed by atoms with Gasteiger partial charge in [-0.3, -0.25) is 0 Å². The van der Waals surface area contributed by atoms with Gasteiger partial charge in [0.2, 0.25) is 0 Å².